The molecule has 4 heterocycles. The van der Waals surface area contributed by atoms with Crippen LogP contribution < -0.4 is 0 Å². The molecule has 0 bridgehead atoms. The summed E-state index contributed by atoms with van der Waals surface area (Å²) in [6.45, 7) is 0. The van der Waals surface area contributed by atoms with Gasteiger partial charge in [0.05, 0.1) is 5.52 Å². The van der Waals surface area contributed by atoms with Crippen molar-refractivity contribution in [2.75, 3.05) is 0 Å². The number of pyridine rings is 1. The van der Waals surface area contributed by atoms with Crippen molar-refractivity contribution in [1.82, 2.24) is 19.9 Å². The molecule has 0 saturated carbocycles. The van der Waals surface area contributed by atoms with Gasteiger partial charge in [-0.25, -0.2) is 19.9 Å². The SMILES string of the molecule is c1ccc(-c2nc(-c3ccc(-c4ccc(-c5nc6ccccc6c6c5oc5ccccc56)c5ccccc45)cc3)nc(-c3cccc4c3sc3ccccc34)n2)cc1. The van der Waals surface area contributed by atoms with E-state index in [1.165, 1.54) is 20.2 Å². The highest BCUT2D eigenvalue weighted by Gasteiger charge is 2.21. The van der Waals surface area contributed by atoms with Crippen LogP contribution in [0, 0.1) is 0 Å². The summed E-state index contributed by atoms with van der Waals surface area (Å²) < 4.78 is 9.01. The summed E-state index contributed by atoms with van der Waals surface area (Å²) in [5.74, 6) is 1.93. The summed E-state index contributed by atoms with van der Waals surface area (Å²) in [5.41, 5.74) is 9.57. The van der Waals surface area contributed by atoms with Crippen LogP contribution in [0.1, 0.15) is 0 Å². The topological polar surface area (TPSA) is 64.7 Å². The molecule has 0 amide bonds. The average Bonchev–Trinajstić information content (AvgIpc) is 3.88. The molecule has 0 aliphatic carbocycles. The Morgan fingerprint density at radius 3 is 1.76 bits per heavy atom. The number of aromatic nitrogens is 4. The van der Waals surface area contributed by atoms with E-state index in [-0.39, 0.29) is 0 Å². The fraction of sp³-hybridized carbons (Fsp3) is 0. The Hall–Kier alpha value is -7.54. The lowest BCUT2D eigenvalue weighted by Crippen LogP contribution is -2.00. The molecule has 0 fully saturated rings. The lowest BCUT2D eigenvalue weighted by atomic mass is 9.92. The van der Waals surface area contributed by atoms with Crippen molar-refractivity contribution in [3.63, 3.8) is 0 Å². The Morgan fingerprint density at radius 1 is 0.362 bits per heavy atom. The second-order valence-electron chi connectivity index (χ2n) is 14.5. The quantitative estimate of drug-likeness (QED) is 0.175. The molecular weight excluding hydrogens is 729 g/mol. The van der Waals surface area contributed by atoms with Crippen LogP contribution in [0.15, 0.2) is 186 Å². The molecule has 0 aliphatic rings. The average molecular weight is 759 g/mol. The van der Waals surface area contributed by atoms with Crippen molar-refractivity contribution in [3.05, 3.63) is 182 Å². The maximum atomic E-state index is 6.59. The molecule has 12 aromatic rings. The fourth-order valence-corrected chi connectivity index (χ4v) is 9.65. The van der Waals surface area contributed by atoms with Crippen LogP contribution in [0.5, 0.6) is 0 Å². The van der Waals surface area contributed by atoms with E-state index < -0.39 is 0 Å². The van der Waals surface area contributed by atoms with Crippen molar-refractivity contribution in [3.8, 4) is 56.5 Å². The van der Waals surface area contributed by atoms with Crippen LogP contribution in [-0.4, -0.2) is 19.9 Å². The van der Waals surface area contributed by atoms with Crippen molar-refractivity contribution < 1.29 is 4.42 Å². The summed E-state index contributed by atoms with van der Waals surface area (Å²) >= 11 is 1.78. The number of rotatable bonds is 5. The Kier molecular flexibility index (Phi) is 7.33. The van der Waals surface area contributed by atoms with Crippen LogP contribution in [0.4, 0.5) is 0 Å². The van der Waals surface area contributed by atoms with E-state index in [9.17, 15) is 0 Å². The highest BCUT2D eigenvalue weighted by Crippen LogP contribution is 2.43. The monoisotopic (exact) mass is 758 g/mol. The molecule has 0 spiro atoms. The number of nitrogens with zero attached hydrogens (tertiary/aromatic N) is 4. The first-order valence-corrected chi connectivity index (χ1v) is 20.1. The highest BCUT2D eigenvalue weighted by molar-refractivity contribution is 7.26. The zero-order valence-electron chi connectivity index (χ0n) is 30.9. The largest absolute Gasteiger partial charge is 0.454 e. The lowest BCUT2D eigenvalue weighted by Gasteiger charge is -2.13. The second-order valence-corrected chi connectivity index (χ2v) is 15.6. The second kappa shape index (κ2) is 13.0. The first-order valence-electron chi connectivity index (χ1n) is 19.3. The summed E-state index contributed by atoms with van der Waals surface area (Å²) in [6, 6.07) is 63.2. The van der Waals surface area contributed by atoms with Crippen LogP contribution in [0.25, 0.3) is 120 Å². The lowest BCUT2D eigenvalue weighted by molar-refractivity contribution is 0.669. The number of furan rings is 1. The molecule has 0 unspecified atom stereocenters. The summed E-state index contributed by atoms with van der Waals surface area (Å²) in [4.78, 5) is 20.5. The Morgan fingerprint density at radius 2 is 0.948 bits per heavy atom. The third-order valence-electron chi connectivity index (χ3n) is 11.2. The predicted octanol–water partition coefficient (Wildman–Crippen LogP) is 14.2. The number of fused-ring (bicyclic) bond motifs is 9. The zero-order valence-corrected chi connectivity index (χ0v) is 31.7. The van der Waals surface area contributed by atoms with Gasteiger partial charge in [0.2, 0.25) is 0 Å². The van der Waals surface area contributed by atoms with Crippen molar-refractivity contribution in [2.45, 2.75) is 0 Å². The first-order chi connectivity index (χ1) is 28.7. The van der Waals surface area contributed by atoms with Crippen LogP contribution in [-0.2, 0) is 0 Å². The van der Waals surface area contributed by atoms with Crippen LogP contribution >= 0.6 is 11.3 Å². The first kappa shape index (κ1) is 32.7. The van der Waals surface area contributed by atoms with Crippen LogP contribution in [0.3, 0.4) is 0 Å². The standard InChI is InChI=1S/C52H30N4OS/c1-2-13-32(14-3-1)50-54-51(56-52(55-50)42-21-12-20-39-37-17-8-11-24-45(37)58-49(39)42)33-27-25-31(26-28-33)34-29-30-38(36-16-5-4-15-35(34)36)47-48-46(40-18-6-9-22-43(40)53-47)41-19-7-10-23-44(41)57-48/h1-30H. The molecule has 12 rings (SSSR count). The third kappa shape index (κ3) is 5.16. The number of thiophene rings is 1. The van der Waals surface area contributed by atoms with Gasteiger partial charge >= 0.3 is 0 Å². The third-order valence-corrected chi connectivity index (χ3v) is 12.4. The zero-order chi connectivity index (χ0) is 38.2. The molecule has 58 heavy (non-hydrogen) atoms. The summed E-state index contributed by atoms with van der Waals surface area (Å²) in [7, 11) is 0. The minimum Gasteiger partial charge on any atom is -0.454 e. The fourth-order valence-electron chi connectivity index (χ4n) is 8.44. The van der Waals surface area contributed by atoms with E-state index >= 15 is 0 Å². The van der Waals surface area contributed by atoms with E-state index in [4.69, 9.17) is 24.4 Å². The van der Waals surface area contributed by atoms with Crippen molar-refractivity contribution >= 4 is 75.1 Å². The maximum absolute atomic E-state index is 6.59. The van der Waals surface area contributed by atoms with Gasteiger partial charge in [-0.1, -0.05) is 158 Å². The van der Waals surface area contributed by atoms with Gasteiger partial charge in [-0.2, -0.15) is 0 Å². The van der Waals surface area contributed by atoms with Gasteiger partial charge in [0.1, 0.15) is 11.3 Å². The molecule has 0 N–H and O–H groups in total. The summed E-state index contributed by atoms with van der Waals surface area (Å²) in [6.07, 6.45) is 0. The van der Waals surface area contributed by atoms with Gasteiger partial charge in [-0.15, -0.1) is 11.3 Å². The van der Waals surface area contributed by atoms with Gasteiger partial charge in [-0.3, -0.25) is 0 Å². The van der Waals surface area contributed by atoms with E-state index in [0.29, 0.717) is 17.5 Å². The van der Waals surface area contributed by atoms with E-state index in [0.717, 1.165) is 82.7 Å². The summed E-state index contributed by atoms with van der Waals surface area (Å²) in [5, 5.41) is 7.98. The number of benzene rings is 8. The predicted molar refractivity (Wildman–Crippen MR) is 240 cm³/mol. The Bertz CT molecular complexity index is 3570. The molecule has 0 radical (unpaired) electrons. The molecule has 0 saturated heterocycles. The number of para-hydroxylation sites is 2. The van der Waals surface area contributed by atoms with Gasteiger partial charge in [-0.05, 0) is 46.2 Å². The van der Waals surface area contributed by atoms with Crippen molar-refractivity contribution in [2.24, 2.45) is 0 Å². The molecular formula is C52H30N4OS. The van der Waals surface area contributed by atoms with Gasteiger partial charge in [0.25, 0.3) is 0 Å². The van der Waals surface area contributed by atoms with Crippen LogP contribution in [0.2, 0.25) is 0 Å². The number of hydrogen-bond donors (Lipinski definition) is 0. The molecule has 270 valence electrons. The maximum Gasteiger partial charge on any atom is 0.165 e. The molecule has 8 aromatic carbocycles. The van der Waals surface area contributed by atoms with E-state index in [1.54, 1.807) is 11.3 Å². The van der Waals surface area contributed by atoms with Gasteiger partial charge in [0, 0.05) is 58.6 Å². The number of hydrogen-bond acceptors (Lipinski definition) is 6. The molecule has 4 aromatic heterocycles. The molecule has 0 aliphatic heterocycles. The van der Waals surface area contributed by atoms with Gasteiger partial charge in [0.15, 0.2) is 23.1 Å². The molecule has 6 heteroatoms. The molecule has 5 nitrogen and oxygen atoms in total. The Labute approximate surface area is 336 Å². The van der Waals surface area contributed by atoms with Gasteiger partial charge < -0.3 is 4.42 Å². The van der Waals surface area contributed by atoms with Crippen molar-refractivity contribution in [1.29, 1.82) is 0 Å². The smallest absolute Gasteiger partial charge is 0.165 e. The minimum atomic E-state index is 0.631. The minimum absolute atomic E-state index is 0.631. The highest BCUT2D eigenvalue weighted by atomic mass is 32.1. The van der Waals surface area contributed by atoms with E-state index in [2.05, 4.69) is 133 Å². The normalized spacial score (nSPS) is 11.8. The molecule has 0 atom stereocenters. The van der Waals surface area contributed by atoms with E-state index in [1.807, 2.05) is 48.5 Å². The Balaban J connectivity index is 0.986.